The second-order valence-electron chi connectivity index (χ2n) is 5.74. The van der Waals surface area contributed by atoms with Crippen LogP contribution in [0.2, 0.25) is 0 Å². The lowest BCUT2D eigenvalue weighted by atomic mass is 10.1. The zero-order chi connectivity index (χ0) is 21.2. The van der Waals surface area contributed by atoms with Gasteiger partial charge in [-0.2, -0.15) is 18.2 Å². The Kier molecular flexibility index (Phi) is 5.43. The standard InChI is InChI=1S/C17H11F5N4O3/c1-8-2-3-9(6-23-8)7-28-16(27)24-13-11(18)4-10(5-12(13)19)14-25-15(29-26-14)17(20,21)22/h2-6H,7H2,1H3,(H,24,27). The number of nitrogens with zero attached hydrogens (tertiary/aromatic N) is 3. The third-order valence-corrected chi connectivity index (χ3v) is 3.54. The van der Waals surface area contributed by atoms with Gasteiger partial charge >= 0.3 is 18.2 Å². The molecule has 0 aliphatic heterocycles. The predicted molar refractivity (Wildman–Crippen MR) is 87.4 cm³/mol. The summed E-state index contributed by atoms with van der Waals surface area (Å²) >= 11 is 0. The Bertz CT molecular complexity index is 1010. The SMILES string of the molecule is Cc1ccc(COC(=O)Nc2c(F)cc(-c3noc(C(F)(F)F)n3)cc2F)cn1. The fourth-order valence-electron chi connectivity index (χ4n) is 2.15. The van der Waals surface area contributed by atoms with Gasteiger partial charge in [-0.05, 0) is 25.1 Å². The van der Waals surface area contributed by atoms with Crippen molar-refractivity contribution in [3.05, 3.63) is 59.2 Å². The predicted octanol–water partition coefficient (Wildman–Crippen LogP) is 4.49. The van der Waals surface area contributed by atoms with Crippen LogP contribution in [0.3, 0.4) is 0 Å². The van der Waals surface area contributed by atoms with Crippen molar-refractivity contribution in [1.29, 1.82) is 0 Å². The highest BCUT2D eigenvalue weighted by Gasteiger charge is 2.38. The van der Waals surface area contributed by atoms with E-state index in [-0.39, 0.29) is 6.61 Å². The Labute approximate surface area is 159 Å². The van der Waals surface area contributed by atoms with Crippen LogP contribution in [0.4, 0.5) is 32.4 Å². The summed E-state index contributed by atoms with van der Waals surface area (Å²) in [4.78, 5) is 18.8. The van der Waals surface area contributed by atoms with E-state index in [1.807, 2.05) is 5.32 Å². The van der Waals surface area contributed by atoms with Gasteiger partial charge in [0.05, 0.1) is 0 Å². The highest BCUT2D eigenvalue weighted by Crippen LogP contribution is 2.31. The van der Waals surface area contributed by atoms with Crippen LogP contribution in [0.25, 0.3) is 11.4 Å². The molecule has 0 bridgehead atoms. The maximum Gasteiger partial charge on any atom is 0.471 e. The van der Waals surface area contributed by atoms with Crippen LogP contribution in [0.5, 0.6) is 0 Å². The lowest BCUT2D eigenvalue weighted by molar-refractivity contribution is -0.159. The minimum atomic E-state index is -4.90. The van der Waals surface area contributed by atoms with E-state index in [0.29, 0.717) is 17.7 Å². The third-order valence-electron chi connectivity index (χ3n) is 3.54. The van der Waals surface area contributed by atoms with E-state index in [2.05, 4.69) is 19.6 Å². The van der Waals surface area contributed by atoms with Gasteiger partial charge in [-0.25, -0.2) is 13.6 Å². The molecular weight excluding hydrogens is 403 g/mol. The summed E-state index contributed by atoms with van der Waals surface area (Å²) in [7, 11) is 0. The smallest absolute Gasteiger partial charge is 0.444 e. The number of benzene rings is 1. The van der Waals surface area contributed by atoms with Gasteiger partial charge in [-0.15, -0.1) is 0 Å². The van der Waals surface area contributed by atoms with Gasteiger partial charge in [0.15, 0.2) is 11.6 Å². The van der Waals surface area contributed by atoms with Crippen molar-refractivity contribution in [3.8, 4) is 11.4 Å². The van der Waals surface area contributed by atoms with E-state index in [0.717, 1.165) is 5.69 Å². The molecule has 7 nitrogen and oxygen atoms in total. The van der Waals surface area contributed by atoms with Crippen LogP contribution in [0.15, 0.2) is 35.0 Å². The minimum Gasteiger partial charge on any atom is -0.444 e. The molecule has 0 saturated heterocycles. The average Bonchev–Trinajstić information content (AvgIpc) is 3.15. The first kappa shape index (κ1) is 20.2. The summed E-state index contributed by atoms with van der Waals surface area (Å²) in [5, 5.41) is 4.93. The zero-order valence-corrected chi connectivity index (χ0v) is 14.6. The lowest BCUT2D eigenvalue weighted by Crippen LogP contribution is -2.16. The second kappa shape index (κ2) is 7.81. The summed E-state index contributed by atoms with van der Waals surface area (Å²) in [5.74, 6) is -4.87. The van der Waals surface area contributed by atoms with E-state index in [1.54, 1.807) is 19.1 Å². The maximum atomic E-state index is 14.2. The largest absolute Gasteiger partial charge is 0.471 e. The van der Waals surface area contributed by atoms with Gasteiger partial charge in [-0.1, -0.05) is 11.2 Å². The molecule has 1 N–H and O–H groups in total. The molecule has 0 saturated carbocycles. The highest BCUT2D eigenvalue weighted by atomic mass is 19.4. The van der Waals surface area contributed by atoms with Gasteiger partial charge in [0, 0.05) is 23.0 Å². The van der Waals surface area contributed by atoms with Crippen molar-refractivity contribution in [3.63, 3.8) is 0 Å². The zero-order valence-electron chi connectivity index (χ0n) is 14.6. The number of pyridine rings is 1. The van der Waals surface area contributed by atoms with Gasteiger partial charge in [0.1, 0.15) is 12.3 Å². The van der Waals surface area contributed by atoms with Crippen LogP contribution >= 0.6 is 0 Å². The van der Waals surface area contributed by atoms with Crippen molar-refractivity contribution in [2.45, 2.75) is 19.7 Å². The molecule has 1 aromatic carbocycles. The van der Waals surface area contributed by atoms with E-state index in [4.69, 9.17) is 4.74 Å². The molecule has 2 aromatic heterocycles. The number of hydrogen-bond donors (Lipinski definition) is 1. The molecule has 2 heterocycles. The number of nitrogens with one attached hydrogen (secondary N) is 1. The van der Waals surface area contributed by atoms with E-state index in [1.165, 1.54) is 6.20 Å². The first-order valence-corrected chi connectivity index (χ1v) is 7.89. The molecule has 0 unspecified atom stereocenters. The number of halogens is 5. The number of aryl methyl sites for hydroxylation is 1. The number of aromatic nitrogens is 3. The number of alkyl halides is 3. The van der Waals surface area contributed by atoms with E-state index in [9.17, 15) is 26.7 Å². The first-order chi connectivity index (χ1) is 13.6. The summed E-state index contributed by atoms with van der Waals surface area (Å²) in [5.41, 5.74) is 0.0511. The molecule has 29 heavy (non-hydrogen) atoms. The molecule has 152 valence electrons. The number of hydrogen-bond acceptors (Lipinski definition) is 6. The number of rotatable bonds is 4. The van der Waals surface area contributed by atoms with Crippen LogP contribution in [-0.2, 0) is 17.5 Å². The van der Waals surface area contributed by atoms with Crippen LogP contribution in [0, 0.1) is 18.6 Å². The molecule has 0 fully saturated rings. The average molecular weight is 414 g/mol. The number of carbonyl (C=O) groups is 1. The quantitative estimate of drug-likeness (QED) is 0.633. The normalized spacial score (nSPS) is 11.4. The summed E-state index contributed by atoms with van der Waals surface area (Å²) in [6, 6.07) is 4.64. The molecule has 3 rings (SSSR count). The molecule has 0 spiro atoms. The molecule has 1 amide bonds. The third kappa shape index (κ3) is 4.83. The van der Waals surface area contributed by atoms with Crippen LogP contribution in [-0.4, -0.2) is 21.2 Å². The number of carbonyl (C=O) groups excluding carboxylic acids is 1. The number of ether oxygens (including phenoxy) is 1. The van der Waals surface area contributed by atoms with Crippen molar-refractivity contribution in [1.82, 2.24) is 15.1 Å². The second-order valence-corrected chi connectivity index (χ2v) is 5.74. The monoisotopic (exact) mass is 414 g/mol. The summed E-state index contributed by atoms with van der Waals surface area (Å²) in [6.45, 7) is 1.58. The Morgan fingerprint density at radius 1 is 1.21 bits per heavy atom. The molecule has 0 aliphatic rings. The Morgan fingerprint density at radius 3 is 2.45 bits per heavy atom. The van der Waals surface area contributed by atoms with Crippen molar-refractivity contribution >= 4 is 11.8 Å². The van der Waals surface area contributed by atoms with Crippen molar-refractivity contribution in [2.75, 3.05) is 5.32 Å². The first-order valence-electron chi connectivity index (χ1n) is 7.89. The summed E-state index contributed by atoms with van der Waals surface area (Å²) < 4.78 is 74.7. The van der Waals surface area contributed by atoms with Gasteiger partial charge < -0.3 is 9.26 Å². The molecule has 0 atom stereocenters. The van der Waals surface area contributed by atoms with Crippen LogP contribution < -0.4 is 5.32 Å². The van der Waals surface area contributed by atoms with Gasteiger partial charge in [0.2, 0.25) is 5.82 Å². The van der Waals surface area contributed by atoms with E-state index >= 15 is 0 Å². The summed E-state index contributed by atoms with van der Waals surface area (Å²) in [6.07, 6.45) is -4.57. The lowest BCUT2D eigenvalue weighted by Gasteiger charge is -2.09. The Hall–Kier alpha value is -3.57. The Morgan fingerprint density at radius 2 is 1.90 bits per heavy atom. The molecule has 0 aliphatic carbocycles. The van der Waals surface area contributed by atoms with Crippen molar-refractivity contribution in [2.24, 2.45) is 0 Å². The fourth-order valence-corrected chi connectivity index (χ4v) is 2.15. The van der Waals surface area contributed by atoms with Crippen LogP contribution in [0.1, 0.15) is 17.1 Å². The van der Waals surface area contributed by atoms with Gasteiger partial charge in [-0.3, -0.25) is 10.3 Å². The Balaban J connectivity index is 1.71. The van der Waals surface area contributed by atoms with Crippen molar-refractivity contribution < 1.29 is 36.0 Å². The molecule has 12 heteroatoms. The molecular formula is C17H11F5N4O3. The maximum absolute atomic E-state index is 14.2. The van der Waals surface area contributed by atoms with E-state index < -0.39 is 46.9 Å². The highest BCUT2D eigenvalue weighted by molar-refractivity contribution is 5.85. The van der Waals surface area contributed by atoms with Gasteiger partial charge in [0.25, 0.3) is 0 Å². The number of amides is 1. The molecule has 3 aromatic rings. The number of anilines is 1. The molecule has 0 radical (unpaired) electrons. The fraction of sp³-hybridized carbons (Fsp3) is 0.176. The minimum absolute atomic E-state index is 0.191. The topological polar surface area (TPSA) is 90.1 Å².